The molecule has 0 aromatic heterocycles. The van der Waals surface area contributed by atoms with Crippen molar-refractivity contribution in [2.75, 3.05) is 14.2 Å². The van der Waals surface area contributed by atoms with Crippen molar-refractivity contribution in [3.63, 3.8) is 0 Å². The largest absolute Gasteiger partial charge is 0.508 e. The molecule has 2 N–H and O–H groups in total. The lowest BCUT2D eigenvalue weighted by molar-refractivity contribution is -0.140. The highest BCUT2D eigenvalue weighted by Gasteiger charge is 2.46. The summed E-state index contributed by atoms with van der Waals surface area (Å²) in [7, 11) is 2.67. The molecule has 37 heavy (non-hydrogen) atoms. The van der Waals surface area contributed by atoms with Gasteiger partial charge in [0.05, 0.1) is 42.0 Å². The van der Waals surface area contributed by atoms with Gasteiger partial charge in [-0.1, -0.05) is 35.9 Å². The molecule has 3 aromatic carbocycles. The van der Waals surface area contributed by atoms with Crippen molar-refractivity contribution in [2.45, 2.75) is 19.5 Å². The smallest absolute Gasteiger partial charge is 0.337 e. The molecule has 0 saturated carbocycles. The summed E-state index contributed by atoms with van der Waals surface area (Å²) in [5, 5.41) is 21.4. The van der Waals surface area contributed by atoms with E-state index >= 15 is 0 Å². The SMILES string of the molecule is COC(=O)c1ccc(CN2C(=O)C(=O)/C(=C(/O)c3cc(C)cc(Cl)c3OC)C2c2ccc(O)cc2)cc1. The predicted molar refractivity (Wildman–Crippen MR) is 136 cm³/mol. The third kappa shape index (κ3) is 4.88. The first kappa shape index (κ1) is 25.8. The number of aliphatic hydroxyl groups is 1. The maximum absolute atomic E-state index is 13.3. The number of aliphatic hydroxyl groups excluding tert-OH is 1. The van der Waals surface area contributed by atoms with Crippen molar-refractivity contribution in [1.29, 1.82) is 0 Å². The van der Waals surface area contributed by atoms with Gasteiger partial charge < -0.3 is 24.6 Å². The molecule has 1 amide bonds. The third-order valence-electron chi connectivity index (χ3n) is 6.12. The molecule has 3 aromatic rings. The summed E-state index contributed by atoms with van der Waals surface area (Å²) in [6.45, 7) is 1.79. The standard InChI is InChI=1S/C28H24ClNO7/c1-15-12-20(26(36-2)21(29)13-15)24(32)22-23(17-8-10-19(31)11-9-17)30(27(34)25(22)33)14-16-4-6-18(7-5-16)28(35)37-3/h4-13,23,31-32H,14H2,1-3H3/b24-22+. The number of hydrogen-bond donors (Lipinski definition) is 2. The van der Waals surface area contributed by atoms with E-state index in [0.717, 1.165) is 0 Å². The van der Waals surface area contributed by atoms with E-state index < -0.39 is 29.5 Å². The number of carbonyl (C=O) groups is 3. The van der Waals surface area contributed by atoms with Gasteiger partial charge in [-0.2, -0.15) is 0 Å². The van der Waals surface area contributed by atoms with Gasteiger partial charge in [-0.15, -0.1) is 0 Å². The van der Waals surface area contributed by atoms with Crippen LogP contribution in [-0.2, 0) is 20.9 Å². The zero-order valence-corrected chi connectivity index (χ0v) is 21.1. The number of ether oxygens (including phenoxy) is 2. The van der Waals surface area contributed by atoms with Crippen molar-refractivity contribution >= 4 is 35.0 Å². The summed E-state index contributed by atoms with van der Waals surface area (Å²) in [6.07, 6.45) is 0. The maximum Gasteiger partial charge on any atom is 0.337 e. The third-order valence-corrected chi connectivity index (χ3v) is 6.40. The van der Waals surface area contributed by atoms with Gasteiger partial charge in [-0.05, 0) is 60.0 Å². The molecule has 0 bridgehead atoms. The molecule has 8 nitrogen and oxygen atoms in total. The quantitative estimate of drug-likeness (QED) is 0.208. The lowest BCUT2D eigenvalue weighted by atomic mass is 9.94. The molecule has 9 heteroatoms. The van der Waals surface area contributed by atoms with Gasteiger partial charge in [0.25, 0.3) is 11.7 Å². The summed E-state index contributed by atoms with van der Waals surface area (Å²) in [6, 6.07) is 14.8. The number of methoxy groups -OCH3 is 2. The molecule has 190 valence electrons. The number of hydrogen-bond acceptors (Lipinski definition) is 7. The lowest BCUT2D eigenvalue weighted by Crippen LogP contribution is -2.29. The minimum absolute atomic E-state index is 0.00577. The Balaban J connectivity index is 1.86. The Morgan fingerprint density at radius 3 is 2.27 bits per heavy atom. The Hall–Kier alpha value is -4.30. The summed E-state index contributed by atoms with van der Waals surface area (Å²) < 4.78 is 10.1. The number of ketones is 1. The van der Waals surface area contributed by atoms with Crippen LogP contribution in [0.2, 0.25) is 5.02 Å². The normalized spacial score (nSPS) is 16.6. The molecule has 1 aliphatic rings. The van der Waals surface area contributed by atoms with Crippen LogP contribution in [0.5, 0.6) is 11.5 Å². The molecule has 1 unspecified atom stereocenters. The van der Waals surface area contributed by atoms with Crippen LogP contribution in [0.3, 0.4) is 0 Å². The number of rotatable bonds is 6. The van der Waals surface area contributed by atoms with Gasteiger partial charge in [0, 0.05) is 6.54 Å². The van der Waals surface area contributed by atoms with Gasteiger partial charge in [0.2, 0.25) is 0 Å². The van der Waals surface area contributed by atoms with Gasteiger partial charge in [-0.25, -0.2) is 4.79 Å². The molecular weight excluding hydrogens is 498 g/mol. The van der Waals surface area contributed by atoms with Crippen LogP contribution >= 0.6 is 11.6 Å². The van der Waals surface area contributed by atoms with Crippen LogP contribution in [-0.4, -0.2) is 47.0 Å². The molecule has 0 radical (unpaired) electrons. The van der Waals surface area contributed by atoms with Crippen LogP contribution in [0.25, 0.3) is 5.76 Å². The Kier molecular flexibility index (Phi) is 7.22. The number of carbonyl (C=O) groups excluding carboxylic acids is 3. The van der Waals surface area contributed by atoms with E-state index in [1.54, 1.807) is 55.5 Å². The van der Waals surface area contributed by atoms with Gasteiger partial charge in [-0.3, -0.25) is 9.59 Å². The topological polar surface area (TPSA) is 113 Å². The average molecular weight is 522 g/mol. The summed E-state index contributed by atoms with van der Waals surface area (Å²) in [5.74, 6) is -2.44. The second kappa shape index (κ2) is 10.4. The number of phenols is 1. The first-order valence-corrected chi connectivity index (χ1v) is 11.6. The first-order valence-electron chi connectivity index (χ1n) is 11.2. The number of aryl methyl sites for hydroxylation is 1. The van der Waals surface area contributed by atoms with E-state index in [1.807, 2.05) is 0 Å². The molecule has 1 fully saturated rings. The maximum atomic E-state index is 13.3. The number of esters is 1. The predicted octanol–water partition coefficient (Wildman–Crippen LogP) is 4.77. The Morgan fingerprint density at radius 2 is 1.68 bits per heavy atom. The van der Waals surface area contributed by atoms with Gasteiger partial charge >= 0.3 is 5.97 Å². The molecule has 1 atom stereocenters. The number of amides is 1. The second-order valence-corrected chi connectivity index (χ2v) is 8.94. The van der Waals surface area contributed by atoms with E-state index in [-0.39, 0.29) is 34.2 Å². The first-order chi connectivity index (χ1) is 17.7. The summed E-state index contributed by atoms with van der Waals surface area (Å²) in [5.41, 5.74) is 2.25. The van der Waals surface area contributed by atoms with Crippen LogP contribution in [0, 0.1) is 6.92 Å². The van der Waals surface area contributed by atoms with E-state index in [9.17, 15) is 24.6 Å². The van der Waals surface area contributed by atoms with Crippen molar-refractivity contribution in [3.8, 4) is 11.5 Å². The van der Waals surface area contributed by atoms with E-state index in [4.69, 9.17) is 21.1 Å². The van der Waals surface area contributed by atoms with E-state index in [1.165, 1.54) is 31.3 Å². The number of benzene rings is 3. The van der Waals surface area contributed by atoms with E-state index in [2.05, 4.69) is 0 Å². The Bertz CT molecular complexity index is 1410. The lowest BCUT2D eigenvalue weighted by Gasteiger charge is -2.26. The number of Topliss-reactive ketones (excluding diaryl/α,β-unsaturated/α-hetero) is 1. The molecule has 0 spiro atoms. The minimum Gasteiger partial charge on any atom is -0.508 e. The van der Waals surface area contributed by atoms with Crippen LogP contribution in [0.15, 0.2) is 66.2 Å². The van der Waals surface area contributed by atoms with Crippen LogP contribution in [0.1, 0.15) is 38.7 Å². The molecule has 1 saturated heterocycles. The number of phenolic OH excluding ortho intramolecular Hbond substituents is 1. The number of nitrogens with zero attached hydrogens (tertiary/aromatic N) is 1. The monoisotopic (exact) mass is 521 g/mol. The summed E-state index contributed by atoms with van der Waals surface area (Å²) >= 11 is 6.32. The zero-order chi connectivity index (χ0) is 26.9. The molecule has 4 rings (SSSR count). The zero-order valence-electron chi connectivity index (χ0n) is 20.3. The highest BCUT2D eigenvalue weighted by atomic mass is 35.5. The molecular formula is C28H24ClNO7. The molecule has 1 heterocycles. The van der Waals surface area contributed by atoms with Crippen molar-refractivity contribution < 1.29 is 34.1 Å². The Labute approximate surface area is 218 Å². The Morgan fingerprint density at radius 1 is 1.03 bits per heavy atom. The minimum atomic E-state index is -0.968. The van der Waals surface area contributed by atoms with Gasteiger partial charge in [0.15, 0.2) is 0 Å². The number of aromatic hydroxyl groups is 1. The van der Waals surface area contributed by atoms with Crippen LogP contribution < -0.4 is 4.74 Å². The molecule has 1 aliphatic heterocycles. The fourth-order valence-electron chi connectivity index (χ4n) is 4.36. The average Bonchev–Trinajstić information content (AvgIpc) is 3.13. The summed E-state index contributed by atoms with van der Waals surface area (Å²) in [4.78, 5) is 39.7. The fourth-order valence-corrected chi connectivity index (χ4v) is 4.72. The van der Waals surface area contributed by atoms with Crippen LogP contribution in [0.4, 0.5) is 0 Å². The van der Waals surface area contributed by atoms with Crippen molar-refractivity contribution in [1.82, 2.24) is 4.90 Å². The van der Waals surface area contributed by atoms with Crippen molar-refractivity contribution in [3.05, 3.63) is 99.1 Å². The van der Waals surface area contributed by atoms with Gasteiger partial charge in [0.1, 0.15) is 17.3 Å². The molecule has 0 aliphatic carbocycles. The highest BCUT2D eigenvalue weighted by Crippen LogP contribution is 2.43. The van der Waals surface area contributed by atoms with Crippen molar-refractivity contribution in [2.24, 2.45) is 0 Å². The highest BCUT2D eigenvalue weighted by molar-refractivity contribution is 6.46. The van der Waals surface area contributed by atoms with E-state index in [0.29, 0.717) is 22.3 Å². The second-order valence-electron chi connectivity index (χ2n) is 8.53. The number of halogens is 1. The number of likely N-dealkylation sites (tertiary alicyclic amines) is 1. The fraction of sp³-hybridized carbons (Fsp3) is 0.179.